The Morgan fingerprint density at radius 3 is 2.15 bits per heavy atom. The van der Waals surface area contributed by atoms with Gasteiger partial charge in [0.1, 0.15) is 6.61 Å². The molecule has 20 heavy (non-hydrogen) atoms. The standard InChI is InChI=1S/C13H20N2O2.CH3I.ClH/c1-3-15(4-2)9-10-17-13(16)11-5-7-12(14)8-6-11;1-2;/h5-8H,3-4,9-10,14H2,1-2H3;1H3;1H. The fraction of sp³-hybridized carbons (Fsp3) is 0.500. The van der Waals surface area contributed by atoms with E-state index in [0.29, 0.717) is 17.9 Å². The topological polar surface area (TPSA) is 55.6 Å². The van der Waals surface area contributed by atoms with Crippen molar-refractivity contribution in [3.8, 4) is 0 Å². The molecule has 0 bridgehead atoms. The predicted octanol–water partition coefficient (Wildman–Crippen LogP) is 3.24. The third-order valence-corrected chi connectivity index (χ3v) is 2.68. The zero-order valence-electron chi connectivity index (χ0n) is 12.3. The van der Waals surface area contributed by atoms with E-state index in [0.717, 1.165) is 19.6 Å². The van der Waals surface area contributed by atoms with E-state index in [4.69, 9.17) is 10.5 Å². The molecule has 6 heteroatoms. The highest BCUT2D eigenvalue weighted by molar-refractivity contribution is 14.1. The summed E-state index contributed by atoms with van der Waals surface area (Å²) in [6, 6.07) is 6.74. The van der Waals surface area contributed by atoms with Gasteiger partial charge in [0.15, 0.2) is 0 Å². The van der Waals surface area contributed by atoms with Crippen LogP contribution in [0.2, 0.25) is 0 Å². The van der Waals surface area contributed by atoms with Crippen LogP contribution in [0.5, 0.6) is 0 Å². The van der Waals surface area contributed by atoms with Crippen molar-refractivity contribution in [1.82, 2.24) is 4.90 Å². The van der Waals surface area contributed by atoms with E-state index in [9.17, 15) is 4.79 Å². The molecule has 0 aromatic heterocycles. The van der Waals surface area contributed by atoms with Gasteiger partial charge < -0.3 is 15.4 Å². The molecule has 1 aromatic carbocycles. The number of halogens is 2. The number of nitrogens with zero attached hydrogens (tertiary/aromatic N) is 1. The van der Waals surface area contributed by atoms with E-state index in [1.165, 1.54) is 0 Å². The van der Waals surface area contributed by atoms with Crippen molar-refractivity contribution in [3.63, 3.8) is 0 Å². The second-order valence-corrected chi connectivity index (χ2v) is 3.78. The SMILES string of the molecule is CCN(CC)CCOC(=O)c1ccc(N)cc1.CI.Cl. The van der Waals surface area contributed by atoms with Crippen LogP contribution in [0.1, 0.15) is 24.2 Å². The van der Waals surface area contributed by atoms with Crippen molar-refractivity contribution >= 4 is 46.7 Å². The van der Waals surface area contributed by atoms with E-state index in [1.807, 2.05) is 4.93 Å². The summed E-state index contributed by atoms with van der Waals surface area (Å²) in [6.45, 7) is 7.31. The minimum atomic E-state index is -0.294. The Morgan fingerprint density at radius 1 is 1.20 bits per heavy atom. The third kappa shape index (κ3) is 8.60. The van der Waals surface area contributed by atoms with Gasteiger partial charge in [0, 0.05) is 12.2 Å². The van der Waals surface area contributed by atoms with Crippen LogP contribution in [0, 0.1) is 0 Å². The molecule has 116 valence electrons. The first-order chi connectivity index (χ1) is 9.17. The summed E-state index contributed by atoms with van der Waals surface area (Å²) in [6.07, 6.45) is 0. The van der Waals surface area contributed by atoms with E-state index in [2.05, 4.69) is 41.3 Å². The lowest BCUT2D eigenvalue weighted by molar-refractivity contribution is 0.0466. The Kier molecular flexibility index (Phi) is 14.6. The van der Waals surface area contributed by atoms with Gasteiger partial charge in [0.05, 0.1) is 5.56 Å². The first-order valence-electron chi connectivity index (χ1n) is 6.30. The van der Waals surface area contributed by atoms with Crippen molar-refractivity contribution in [1.29, 1.82) is 0 Å². The van der Waals surface area contributed by atoms with Crippen LogP contribution in [0.25, 0.3) is 0 Å². The Labute approximate surface area is 141 Å². The monoisotopic (exact) mass is 414 g/mol. The van der Waals surface area contributed by atoms with Crippen LogP contribution in [0.4, 0.5) is 5.69 Å². The van der Waals surface area contributed by atoms with Gasteiger partial charge in [0.2, 0.25) is 0 Å². The Bertz CT molecular complexity index is 357. The van der Waals surface area contributed by atoms with E-state index in [-0.39, 0.29) is 18.4 Å². The maximum Gasteiger partial charge on any atom is 0.338 e. The number of nitrogen functional groups attached to an aromatic ring is 1. The van der Waals surface area contributed by atoms with Crippen molar-refractivity contribution < 1.29 is 9.53 Å². The molecular formula is C14H24ClIN2O2. The number of ether oxygens (including phenoxy) is 1. The second-order valence-electron chi connectivity index (χ2n) is 3.78. The summed E-state index contributed by atoms with van der Waals surface area (Å²) in [4.78, 5) is 15.8. The number of carbonyl (C=O) groups excluding carboxylic acids is 1. The molecule has 0 saturated heterocycles. The van der Waals surface area contributed by atoms with Crippen molar-refractivity contribution in [3.05, 3.63) is 29.8 Å². The maximum atomic E-state index is 11.6. The lowest BCUT2D eigenvalue weighted by Crippen LogP contribution is -2.27. The average Bonchev–Trinajstić information content (AvgIpc) is 2.46. The predicted molar refractivity (Wildman–Crippen MR) is 96.1 cm³/mol. The molecular weight excluding hydrogens is 391 g/mol. The zero-order valence-corrected chi connectivity index (χ0v) is 15.2. The molecule has 0 unspecified atom stereocenters. The van der Waals surface area contributed by atoms with Crippen LogP contribution in [-0.2, 0) is 4.74 Å². The molecule has 0 amide bonds. The number of esters is 1. The van der Waals surface area contributed by atoms with Crippen LogP contribution in [-0.4, -0.2) is 42.0 Å². The number of rotatable bonds is 6. The molecule has 0 atom stereocenters. The van der Waals surface area contributed by atoms with Gasteiger partial charge in [-0.15, -0.1) is 12.4 Å². The van der Waals surface area contributed by atoms with Crippen LogP contribution < -0.4 is 5.73 Å². The van der Waals surface area contributed by atoms with Gasteiger partial charge >= 0.3 is 5.97 Å². The fourth-order valence-corrected chi connectivity index (χ4v) is 1.51. The lowest BCUT2D eigenvalue weighted by Gasteiger charge is -2.17. The molecule has 0 aliphatic rings. The number of benzene rings is 1. The summed E-state index contributed by atoms with van der Waals surface area (Å²) in [7, 11) is 0. The van der Waals surface area contributed by atoms with Gasteiger partial charge in [-0.1, -0.05) is 36.4 Å². The first-order valence-corrected chi connectivity index (χ1v) is 8.46. The molecule has 2 N–H and O–H groups in total. The summed E-state index contributed by atoms with van der Waals surface area (Å²) in [5.74, 6) is -0.294. The highest BCUT2D eigenvalue weighted by Crippen LogP contribution is 2.06. The Hall–Kier alpha value is -0.530. The van der Waals surface area contributed by atoms with Crippen LogP contribution in [0.15, 0.2) is 24.3 Å². The quantitative estimate of drug-likeness (QED) is 0.336. The Morgan fingerprint density at radius 2 is 1.70 bits per heavy atom. The molecule has 0 radical (unpaired) electrons. The third-order valence-electron chi connectivity index (χ3n) is 2.68. The number of anilines is 1. The molecule has 1 aromatic rings. The van der Waals surface area contributed by atoms with E-state index >= 15 is 0 Å². The summed E-state index contributed by atoms with van der Waals surface area (Å²) in [5.41, 5.74) is 6.73. The van der Waals surface area contributed by atoms with Gasteiger partial charge in [-0.2, -0.15) is 0 Å². The maximum absolute atomic E-state index is 11.6. The van der Waals surface area contributed by atoms with Crippen LogP contribution in [0.3, 0.4) is 0 Å². The highest BCUT2D eigenvalue weighted by atomic mass is 127. The average molecular weight is 415 g/mol. The number of likely N-dealkylation sites (N-methyl/N-ethyl adjacent to an activating group) is 1. The molecule has 0 saturated carbocycles. The minimum Gasteiger partial charge on any atom is -0.461 e. The van der Waals surface area contributed by atoms with Gasteiger partial charge in [-0.05, 0) is 42.3 Å². The normalized spacial score (nSPS) is 9.25. The summed E-state index contributed by atoms with van der Waals surface area (Å²) >= 11 is 2.15. The molecule has 0 aliphatic carbocycles. The number of hydrogen-bond acceptors (Lipinski definition) is 4. The van der Waals surface area contributed by atoms with Crippen LogP contribution >= 0.6 is 35.0 Å². The Balaban J connectivity index is 0. The lowest BCUT2D eigenvalue weighted by atomic mass is 10.2. The molecule has 4 nitrogen and oxygen atoms in total. The van der Waals surface area contributed by atoms with Gasteiger partial charge in [0.25, 0.3) is 0 Å². The molecule has 0 aliphatic heterocycles. The number of nitrogens with two attached hydrogens (primary N) is 1. The molecule has 0 fully saturated rings. The van der Waals surface area contributed by atoms with Crippen molar-refractivity contribution in [2.75, 3.05) is 36.9 Å². The number of hydrogen-bond donors (Lipinski definition) is 1. The van der Waals surface area contributed by atoms with Gasteiger partial charge in [-0.3, -0.25) is 0 Å². The number of alkyl halides is 1. The highest BCUT2D eigenvalue weighted by Gasteiger charge is 2.07. The molecule has 0 spiro atoms. The molecule has 1 rings (SSSR count). The van der Waals surface area contributed by atoms with E-state index < -0.39 is 0 Å². The van der Waals surface area contributed by atoms with Crippen molar-refractivity contribution in [2.24, 2.45) is 0 Å². The minimum absolute atomic E-state index is 0. The van der Waals surface area contributed by atoms with Gasteiger partial charge in [-0.25, -0.2) is 4.79 Å². The first kappa shape index (κ1) is 21.8. The second kappa shape index (κ2) is 13.5. The summed E-state index contributed by atoms with van der Waals surface area (Å²) < 4.78 is 5.18. The zero-order chi connectivity index (χ0) is 14.7. The fourth-order valence-electron chi connectivity index (χ4n) is 1.51. The largest absolute Gasteiger partial charge is 0.461 e. The van der Waals surface area contributed by atoms with Crippen molar-refractivity contribution in [2.45, 2.75) is 13.8 Å². The van der Waals surface area contributed by atoms with E-state index in [1.54, 1.807) is 24.3 Å². The summed E-state index contributed by atoms with van der Waals surface area (Å²) in [5, 5.41) is 0. The molecule has 0 heterocycles. The number of carbonyl (C=O) groups is 1. The smallest absolute Gasteiger partial charge is 0.338 e.